The van der Waals surface area contributed by atoms with Crippen molar-refractivity contribution in [2.24, 2.45) is 5.10 Å². The lowest BCUT2D eigenvalue weighted by molar-refractivity contribution is 0.0954. The van der Waals surface area contributed by atoms with Crippen molar-refractivity contribution in [1.82, 2.24) is 10.4 Å². The Hall–Kier alpha value is -3.12. The predicted octanol–water partition coefficient (Wildman–Crippen LogP) is 4.44. The molecule has 1 amide bonds. The van der Waals surface area contributed by atoms with Crippen LogP contribution in [0.1, 0.15) is 22.8 Å². The highest BCUT2D eigenvalue weighted by Crippen LogP contribution is 2.44. The molecule has 0 saturated carbocycles. The van der Waals surface area contributed by atoms with Crippen molar-refractivity contribution in [3.63, 3.8) is 0 Å². The SMILES string of the molecule is C/C(=N/NC(=O)c1cccnc1)c1ccc2c(c1)Nc1ccccc1S2. The number of nitrogens with one attached hydrogen (secondary N) is 2. The molecular weight excluding hydrogens is 344 g/mol. The molecule has 2 heterocycles. The number of pyridine rings is 1. The number of hydrazone groups is 1. The number of benzene rings is 2. The molecule has 1 aliphatic heterocycles. The number of anilines is 2. The van der Waals surface area contributed by atoms with E-state index in [1.54, 1.807) is 30.1 Å². The highest BCUT2D eigenvalue weighted by atomic mass is 32.2. The van der Waals surface area contributed by atoms with E-state index in [2.05, 4.69) is 39.0 Å². The fraction of sp³-hybridized carbons (Fsp3) is 0.0500. The smallest absolute Gasteiger partial charge is 0.272 e. The number of rotatable bonds is 3. The van der Waals surface area contributed by atoms with Gasteiger partial charge in [-0.3, -0.25) is 9.78 Å². The first kappa shape index (κ1) is 16.4. The van der Waals surface area contributed by atoms with Crippen LogP contribution in [0.25, 0.3) is 0 Å². The molecule has 6 heteroatoms. The summed E-state index contributed by atoms with van der Waals surface area (Å²) in [6.45, 7) is 1.87. The van der Waals surface area contributed by atoms with Gasteiger partial charge >= 0.3 is 0 Å². The van der Waals surface area contributed by atoms with Crippen LogP contribution < -0.4 is 10.7 Å². The summed E-state index contributed by atoms with van der Waals surface area (Å²) in [6.07, 6.45) is 3.14. The lowest BCUT2D eigenvalue weighted by Crippen LogP contribution is -2.19. The zero-order valence-corrected chi connectivity index (χ0v) is 14.9. The van der Waals surface area contributed by atoms with E-state index < -0.39 is 0 Å². The van der Waals surface area contributed by atoms with Gasteiger partial charge in [0.15, 0.2) is 0 Å². The van der Waals surface area contributed by atoms with Gasteiger partial charge in [0.25, 0.3) is 5.91 Å². The Balaban J connectivity index is 1.53. The minimum atomic E-state index is -0.280. The van der Waals surface area contributed by atoms with Crippen LogP contribution in [0.2, 0.25) is 0 Å². The summed E-state index contributed by atoms with van der Waals surface area (Å²) in [5, 5.41) is 7.67. The Morgan fingerprint density at radius 2 is 1.88 bits per heavy atom. The second-order valence-electron chi connectivity index (χ2n) is 5.81. The minimum Gasteiger partial charge on any atom is -0.354 e. The number of hydrogen-bond acceptors (Lipinski definition) is 5. The van der Waals surface area contributed by atoms with Crippen LogP contribution in [-0.2, 0) is 0 Å². The number of para-hydroxylation sites is 1. The average Bonchev–Trinajstić information content (AvgIpc) is 2.70. The number of carbonyl (C=O) groups excluding carboxylic acids is 1. The van der Waals surface area contributed by atoms with Crippen LogP contribution in [-0.4, -0.2) is 16.6 Å². The fourth-order valence-corrected chi connectivity index (χ4v) is 3.59. The summed E-state index contributed by atoms with van der Waals surface area (Å²) in [7, 11) is 0. The van der Waals surface area contributed by atoms with E-state index in [0.717, 1.165) is 22.6 Å². The summed E-state index contributed by atoms with van der Waals surface area (Å²) in [6, 6.07) is 17.8. The van der Waals surface area contributed by atoms with Crippen LogP contribution in [0.3, 0.4) is 0 Å². The van der Waals surface area contributed by atoms with Crippen molar-refractivity contribution in [3.05, 3.63) is 78.1 Å². The van der Waals surface area contributed by atoms with Gasteiger partial charge in [0.05, 0.1) is 22.6 Å². The van der Waals surface area contributed by atoms with E-state index >= 15 is 0 Å². The van der Waals surface area contributed by atoms with E-state index in [1.165, 1.54) is 16.0 Å². The molecule has 26 heavy (non-hydrogen) atoms. The number of hydrogen-bond donors (Lipinski definition) is 2. The van der Waals surface area contributed by atoms with Crippen LogP contribution in [0.4, 0.5) is 11.4 Å². The highest BCUT2D eigenvalue weighted by molar-refractivity contribution is 7.99. The number of nitrogens with zero attached hydrogens (tertiary/aromatic N) is 2. The molecule has 0 bridgehead atoms. The van der Waals surface area contributed by atoms with Crippen molar-refractivity contribution in [3.8, 4) is 0 Å². The molecule has 0 radical (unpaired) electrons. The van der Waals surface area contributed by atoms with Gasteiger partial charge in [-0.1, -0.05) is 30.0 Å². The van der Waals surface area contributed by atoms with Crippen molar-refractivity contribution in [1.29, 1.82) is 0 Å². The maximum absolute atomic E-state index is 12.1. The highest BCUT2D eigenvalue weighted by Gasteiger charge is 2.16. The summed E-state index contributed by atoms with van der Waals surface area (Å²) in [5.41, 5.74) is 6.87. The van der Waals surface area contributed by atoms with Gasteiger partial charge in [-0.15, -0.1) is 0 Å². The molecule has 1 aromatic heterocycles. The molecule has 2 aromatic carbocycles. The minimum absolute atomic E-state index is 0.280. The predicted molar refractivity (Wildman–Crippen MR) is 104 cm³/mol. The summed E-state index contributed by atoms with van der Waals surface area (Å²) >= 11 is 1.74. The Morgan fingerprint density at radius 3 is 2.73 bits per heavy atom. The molecule has 5 nitrogen and oxygen atoms in total. The zero-order valence-electron chi connectivity index (χ0n) is 14.1. The number of aromatic nitrogens is 1. The molecule has 0 aliphatic carbocycles. The Labute approximate surface area is 155 Å². The molecule has 0 fully saturated rings. The third-order valence-electron chi connectivity index (χ3n) is 4.02. The van der Waals surface area contributed by atoms with Gasteiger partial charge in [0.2, 0.25) is 0 Å². The molecule has 0 unspecified atom stereocenters. The Kier molecular flexibility index (Phi) is 4.41. The zero-order chi connectivity index (χ0) is 17.9. The topological polar surface area (TPSA) is 66.4 Å². The molecule has 1 aliphatic rings. The normalized spacial score (nSPS) is 12.6. The van der Waals surface area contributed by atoms with Crippen LogP contribution in [0, 0.1) is 0 Å². The monoisotopic (exact) mass is 360 g/mol. The van der Waals surface area contributed by atoms with Crippen molar-refractivity contribution >= 4 is 34.8 Å². The molecule has 0 atom stereocenters. The van der Waals surface area contributed by atoms with Crippen LogP contribution in [0.5, 0.6) is 0 Å². The van der Waals surface area contributed by atoms with Gasteiger partial charge in [-0.05, 0) is 48.9 Å². The lowest BCUT2D eigenvalue weighted by atomic mass is 10.1. The van der Waals surface area contributed by atoms with Crippen LogP contribution >= 0.6 is 11.8 Å². The van der Waals surface area contributed by atoms with Crippen molar-refractivity contribution in [2.45, 2.75) is 16.7 Å². The molecular formula is C20H16N4OS. The van der Waals surface area contributed by atoms with Gasteiger partial charge < -0.3 is 5.32 Å². The summed E-state index contributed by atoms with van der Waals surface area (Å²) in [4.78, 5) is 18.4. The summed E-state index contributed by atoms with van der Waals surface area (Å²) in [5.74, 6) is -0.280. The molecule has 128 valence electrons. The number of amides is 1. The first-order chi connectivity index (χ1) is 12.7. The van der Waals surface area contributed by atoms with Gasteiger partial charge in [0.1, 0.15) is 0 Å². The quantitative estimate of drug-likeness (QED) is 0.419. The first-order valence-electron chi connectivity index (χ1n) is 8.14. The Morgan fingerprint density at radius 1 is 1.04 bits per heavy atom. The molecule has 2 N–H and O–H groups in total. The first-order valence-corrected chi connectivity index (χ1v) is 8.95. The van der Waals surface area contributed by atoms with E-state index in [4.69, 9.17) is 0 Å². The van der Waals surface area contributed by atoms with Crippen LogP contribution in [0.15, 0.2) is 81.9 Å². The summed E-state index contributed by atoms with van der Waals surface area (Å²) < 4.78 is 0. The standard InChI is InChI=1S/C20H16N4OS/c1-13(23-24-20(25)15-5-4-10-21-12-15)14-8-9-19-17(11-14)22-16-6-2-3-7-18(16)26-19/h2-12,22H,1H3,(H,24,25)/b23-13-. The third kappa shape index (κ3) is 3.32. The van der Waals surface area contributed by atoms with Gasteiger partial charge in [0, 0.05) is 22.2 Å². The molecule has 3 aromatic rings. The van der Waals surface area contributed by atoms with Gasteiger partial charge in [-0.25, -0.2) is 5.43 Å². The molecule has 0 saturated heterocycles. The third-order valence-corrected chi connectivity index (χ3v) is 5.17. The second kappa shape index (κ2) is 7.01. The van der Waals surface area contributed by atoms with Gasteiger partial charge in [-0.2, -0.15) is 5.10 Å². The van der Waals surface area contributed by atoms with E-state index in [-0.39, 0.29) is 5.91 Å². The Bertz CT molecular complexity index is 1000. The average molecular weight is 360 g/mol. The van der Waals surface area contributed by atoms with E-state index in [0.29, 0.717) is 5.56 Å². The maximum Gasteiger partial charge on any atom is 0.272 e. The number of carbonyl (C=O) groups is 1. The molecule has 0 spiro atoms. The van der Waals surface area contributed by atoms with E-state index in [1.807, 2.05) is 31.2 Å². The fourth-order valence-electron chi connectivity index (χ4n) is 2.62. The molecule has 4 rings (SSSR count). The van der Waals surface area contributed by atoms with Crippen molar-refractivity contribution in [2.75, 3.05) is 5.32 Å². The second-order valence-corrected chi connectivity index (χ2v) is 6.90. The maximum atomic E-state index is 12.1. The number of fused-ring (bicyclic) bond motifs is 2. The van der Waals surface area contributed by atoms with E-state index in [9.17, 15) is 4.79 Å². The van der Waals surface area contributed by atoms with Crippen molar-refractivity contribution < 1.29 is 4.79 Å². The largest absolute Gasteiger partial charge is 0.354 e. The lowest BCUT2D eigenvalue weighted by Gasteiger charge is -2.21.